The molecule has 0 spiro atoms. The van der Waals surface area contributed by atoms with E-state index < -0.39 is 0 Å². The maximum atomic E-state index is 12.8. The number of carbonyl (C=O) groups is 1. The molecule has 1 aliphatic heterocycles. The van der Waals surface area contributed by atoms with Crippen LogP contribution in [0.1, 0.15) is 30.4 Å². The van der Waals surface area contributed by atoms with Gasteiger partial charge < -0.3 is 14.2 Å². The van der Waals surface area contributed by atoms with Crippen LogP contribution < -0.4 is 5.43 Å². The molecule has 1 aliphatic rings. The Kier molecular flexibility index (Phi) is 3.98. The van der Waals surface area contributed by atoms with Crippen LogP contribution in [0.15, 0.2) is 35.1 Å². The zero-order chi connectivity index (χ0) is 15.7. The second-order valence-corrected chi connectivity index (χ2v) is 5.78. The van der Waals surface area contributed by atoms with Gasteiger partial charge in [0.25, 0.3) is 5.91 Å². The number of pyridine rings is 1. The molecule has 5 heteroatoms. The summed E-state index contributed by atoms with van der Waals surface area (Å²) in [5.74, 6) is -0.0974. The Morgan fingerprint density at radius 2 is 1.86 bits per heavy atom. The lowest BCUT2D eigenvalue weighted by atomic mass is 10.1. The molecule has 0 atom stereocenters. The zero-order valence-electron chi connectivity index (χ0n) is 12.9. The van der Waals surface area contributed by atoms with Crippen LogP contribution in [-0.4, -0.2) is 41.7 Å². The van der Waals surface area contributed by atoms with E-state index in [1.807, 2.05) is 36.6 Å². The van der Waals surface area contributed by atoms with Gasteiger partial charge in [-0.25, -0.2) is 0 Å². The topological polar surface area (TPSA) is 51.5 Å². The molecule has 0 radical (unpaired) electrons. The number of hydrogen-bond donors (Lipinski definition) is 0. The average molecular weight is 300 g/mol. The van der Waals surface area contributed by atoms with Crippen molar-refractivity contribution in [3.05, 3.63) is 46.2 Å². The maximum absolute atomic E-state index is 12.8. The molecule has 1 aromatic carbocycles. The number of fused-ring (bicyclic) bond motifs is 1. The highest BCUT2D eigenvalue weighted by atomic mass is 16.5. The van der Waals surface area contributed by atoms with Gasteiger partial charge in [0.2, 0.25) is 0 Å². The Bertz CT molecular complexity index is 758. The van der Waals surface area contributed by atoms with Crippen LogP contribution in [0.4, 0.5) is 0 Å². The summed E-state index contributed by atoms with van der Waals surface area (Å²) < 4.78 is 7.25. The lowest BCUT2D eigenvalue weighted by molar-refractivity contribution is 0.0295. The Morgan fingerprint density at radius 3 is 2.55 bits per heavy atom. The predicted molar refractivity (Wildman–Crippen MR) is 85.3 cm³/mol. The number of ether oxygens (including phenoxy) is 1. The van der Waals surface area contributed by atoms with Crippen LogP contribution in [0.5, 0.6) is 0 Å². The Hall–Kier alpha value is -2.14. The molecule has 1 saturated heterocycles. The van der Waals surface area contributed by atoms with E-state index in [0.29, 0.717) is 37.4 Å². The van der Waals surface area contributed by atoms with Crippen molar-refractivity contribution >= 4 is 16.8 Å². The highest BCUT2D eigenvalue weighted by molar-refractivity contribution is 5.95. The first kappa shape index (κ1) is 14.8. The summed E-state index contributed by atoms with van der Waals surface area (Å²) in [6, 6.07) is 9.00. The summed E-state index contributed by atoms with van der Waals surface area (Å²) in [5, 5.41) is 0.648. The van der Waals surface area contributed by atoms with Gasteiger partial charge in [-0.1, -0.05) is 12.1 Å². The minimum atomic E-state index is -0.107. The summed E-state index contributed by atoms with van der Waals surface area (Å²) >= 11 is 0. The van der Waals surface area contributed by atoms with Crippen molar-refractivity contribution in [3.8, 4) is 0 Å². The molecule has 5 nitrogen and oxygen atoms in total. The monoisotopic (exact) mass is 300 g/mol. The minimum absolute atomic E-state index is 0.0884. The number of morpholine rings is 1. The van der Waals surface area contributed by atoms with E-state index in [2.05, 4.69) is 0 Å². The summed E-state index contributed by atoms with van der Waals surface area (Å²) in [6.07, 6.45) is 0. The van der Waals surface area contributed by atoms with Gasteiger partial charge in [0.05, 0.1) is 18.7 Å². The van der Waals surface area contributed by atoms with Gasteiger partial charge in [-0.15, -0.1) is 0 Å². The van der Waals surface area contributed by atoms with Crippen molar-refractivity contribution in [2.24, 2.45) is 0 Å². The fraction of sp³-hybridized carbons (Fsp3) is 0.412. The lowest BCUT2D eigenvalue weighted by Gasteiger charge is -2.29. The Morgan fingerprint density at radius 1 is 1.18 bits per heavy atom. The first-order valence-corrected chi connectivity index (χ1v) is 7.61. The van der Waals surface area contributed by atoms with E-state index in [1.165, 1.54) is 6.07 Å². The van der Waals surface area contributed by atoms with Gasteiger partial charge in [-0.05, 0) is 26.0 Å². The van der Waals surface area contributed by atoms with E-state index in [1.54, 1.807) is 11.0 Å². The van der Waals surface area contributed by atoms with Crippen molar-refractivity contribution in [2.45, 2.75) is 19.9 Å². The van der Waals surface area contributed by atoms with E-state index >= 15 is 0 Å². The predicted octanol–water partition coefficient (Wildman–Crippen LogP) is 2.05. The highest BCUT2D eigenvalue weighted by Gasteiger charge is 2.23. The second-order valence-electron chi connectivity index (χ2n) is 5.78. The molecule has 0 N–H and O–H groups in total. The fourth-order valence-electron chi connectivity index (χ4n) is 2.94. The molecule has 2 aromatic rings. The summed E-state index contributed by atoms with van der Waals surface area (Å²) in [4.78, 5) is 26.9. The molecule has 0 unspecified atom stereocenters. The minimum Gasteiger partial charge on any atom is -0.378 e. The molecule has 1 amide bonds. The van der Waals surface area contributed by atoms with Gasteiger partial charge in [0.15, 0.2) is 5.43 Å². The molecular weight excluding hydrogens is 280 g/mol. The Balaban J connectivity index is 2.18. The molecule has 0 aliphatic carbocycles. The van der Waals surface area contributed by atoms with Crippen LogP contribution in [0.3, 0.4) is 0 Å². The molecule has 3 rings (SSSR count). The van der Waals surface area contributed by atoms with Crippen molar-refractivity contribution in [3.63, 3.8) is 0 Å². The number of amides is 1. The van der Waals surface area contributed by atoms with Crippen LogP contribution in [0, 0.1) is 0 Å². The van der Waals surface area contributed by atoms with E-state index in [9.17, 15) is 9.59 Å². The number of aromatic nitrogens is 1. The molecular formula is C17H20N2O3. The van der Waals surface area contributed by atoms with Crippen molar-refractivity contribution < 1.29 is 9.53 Å². The molecule has 2 heterocycles. The smallest absolute Gasteiger partial charge is 0.270 e. The molecule has 0 bridgehead atoms. The average Bonchev–Trinajstić information content (AvgIpc) is 2.54. The van der Waals surface area contributed by atoms with Crippen LogP contribution >= 0.6 is 0 Å². The second kappa shape index (κ2) is 5.93. The molecule has 1 fully saturated rings. The zero-order valence-corrected chi connectivity index (χ0v) is 12.9. The molecule has 0 saturated carbocycles. The number of carbonyl (C=O) groups excluding carboxylic acids is 1. The van der Waals surface area contributed by atoms with Crippen LogP contribution in [-0.2, 0) is 4.74 Å². The summed E-state index contributed by atoms with van der Waals surface area (Å²) in [5.41, 5.74) is 1.16. The first-order chi connectivity index (χ1) is 10.6. The third-order valence-electron chi connectivity index (χ3n) is 3.99. The van der Waals surface area contributed by atoms with Gasteiger partial charge in [0.1, 0.15) is 5.69 Å². The highest BCUT2D eigenvalue weighted by Crippen LogP contribution is 2.20. The van der Waals surface area contributed by atoms with Crippen molar-refractivity contribution in [2.75, 3.05) is 26.3 Å². The number of hydrogen-bond acceptors (Lipinski definition) is 3. The summed E-state index contributed by atoms with van der Waals surface area (Å²) in [6.45, 7) is 6.27. The standard InChI is InChI=1S/C17H20N2O3/c1-12(2)19-14-6-4-3-5-13(14)16(20)11-15(19)17(21)18-7-9-22-10-8-18/h3-6,11-12H,7-10H2,1-2H3. The van der Waals surface area contributed by atoms with Crippen LogP contribution in [0.2, 0.25) is 0 Å². The SMILES string of the molecule is CC(C)n1c(C(=O)N2CCOCC2)cc(=O)c2ccccc21. The molecule has 1 aromatic heterocycles. The van der Waals surface area contributed by atoms with Crippen LogP contribution in [0.25, 0.3) is 10.9 Å². The number of benzene rings is 1. The lowest BCUT2D eigenvalue weighted by Crippen LogP contribution is -2.42. The quantitative estimate of drug-likeness (QED) is 0.853. The van der Waals surface area contributed by atoms with Gasteiger partial charge in [0, 0.05) is 30.6 Å². The number of para-hydroxylation sites is 1. The van der Waals surface area contributed by atoms with E-state index in [-0.39, 0.29) is 17.4 Å². The largest absolute Gasteiger partial charge is 0.378 e. The van der Waals surface area contributed by atoms with Crippen molar-refractivity contribution in [1.29, 1.82) is 0 Å². The normalized spacial score (nSPS) is 15.5. The molecule has 116 valence electrons. The third kappa shape index (κ3) is 2.52. The van der Waals surface area contributed by atoms with Gasteiger partial charge in [-0.3, -0.25) is 9.59 Å². The fourth-order valence-corrected chi connectivity index (χ4v) is 2.94. The van der Waals surface area contributed by atoms with E-state index in [4.69, 9.17) is 4.74 Å². The first-order valence-electron chi connectivity index (χ1n) is 7.61. The van der Waals surface area contributed by atoms with E-state index in [0.717, 1.165) is 5.52 Å². The number of nitrogens with zero attached hydrogens (tertiary/aromatic N) is 2. The summed E-state index contributed by atoms with van der Waals surface area (Å²) in [7, 11) is 0. The van der Waals surface area contributed by atoms with Gasteiger partial charge in [-0.2, -0.15) is 0 Å². The Labute approximate surface area is 129 Å². The molecule has 22 heavy (non-hydrogen) atoms. The number of rotatable bonds is 2. The van der Waals surface area contributed by atoms with Crippen molar-refractivity contribution in [1.82, 2.24) is 9.47 Å². The third-order valence-corrected chi connectivity index (χ3v) is 3.99. The maximum Gasteiger partial charge on any atom is 0.270 e. The van der Waals surface area contributed by atoms with Gasteiger partial charge >= 0.3 is 0 Å².